The monoisotopic (exact) mass is 270 g/mol. The highest BCUT2D eigenvalue weighted by molar-refractivity contribution is 6.03. The Labute approximate surface area is 118 Å². The molecule has 2 N–H and O–H groups in total. The number of carbonyl (C=O) groups is 1. The first kappa shape index (κ1) is 13.9. The normalized spacial score (nSPS) is 9.95. The van der Waals surface area contributed by atoms with Gasteiger partial charge in [0.15, 0.2) is 0 Å². The van der Waals surface area contributed by atoms with E-state index in [4.69, 9.17) is 0 Å². The van der Waals surface area contributed by atoms with E-state index >= 15 is 0 Å². The highest BCUT2D eigenvalue weighted by Crippen LogP contribution is 2.16. The predicted octanol–water partition coefficient (Wildman–Crippen LogP) is 2.44. The SMILES string of the molecule is CNc1ccc(C(=O)Nc2ccc(N(C)C)cc2)nc1. The first-order valence-corrected chi connectivity index (χ1v) is 6.32. The van der Waals surface area contributed by atoms with E-state index in [9.17, 15) is 4.79 Å². The number of nitrogens with zero attached hydrogens (tertiary/aromatic N) is 2. The zero-order chi connectivity index (χ0) is 14.5. The fourth-order valence-electron chi connectivity index (χ4n) is 1.71. The molecule has 5 nitrogen and oxygen atoms in total. The van der Waals surface area contributed by atoms with Crippen molar-refractivity contribution in [2.75, 3.05) is 36.7 Å². The summed E-state index contributed by atoms with van der Waals surface area (Å²) >= 11 is 0. The molecule has 1 heterocycles. The Hall–Kier alpha value is -2.56. The first-order valence-electron chi connectivity index (χ1n) is 6.32. The summed E-state index contributed by atoms with van der Waals surface area (Å²) in [5.74, 6) is -0.217. The van der Waals surface area contributed by atoms with Gasteiger partial charge in [-0.2, -0.15) is 0 Å². The number of nitrogens with one attached hydrogen (secondary N) is 2. The minimum atomic E-state index is -0.217. The van der Waals surface area contributed by atoms with Crippen LogP contribution >= 0.6 is 0 Å². The number of pyridine rings is 1. The Morgan fingerprint density at radius 1 is 1.05 bits per heavy atom. The maximum absolute atomic E-state index is 12.0. The lowest BCUT2D eigenvalue weighted by Gasteiger charge is -2.13. The number of hydrogen-bond acceptors (Lipinski definition) is 4. The zero-order valence-electron chi connectivity index (χ0n) is 11.8. The second kappa shape index (κ2) is 6.06. The van der Waals surface area contributed by atoms with E-state index in [1.807, 2.05) is 56.4 Å². The quantitative estimate of drug-likeness (QED) is 0.896. The fourth-order valence-corrected chi connectivity index (χ4v) is 1.71. The minimum absolute atomic E-state index is 0.217. The largest absolute Gasteiger partial charge is 0.387 e. The molecule has 20 heavy (non-hydrogen) atoms. The lowest BCUT2D eigenvalue weighted by atomic mass is 10.2. The molecule has 2 aromatic rings. The molecule has 0 aliphatic carbocycles. The molecule has 104 valence electrons. The van der Waals surface area contributed by atoms with Crippen LogP contribution in [0, 0.1) is 0 Å². The van der Waals surface area contributed by atoms with Crippen molar-refractivity contribution in [3.05, 3.63) is 48.3 Å². The van der Waals surface area contributed by atoms with Gasteiger partial charge in [0.2, 0.25) is 0 Å². The summed E-state index contributed by atoms with van der Waals surface area (Å²) in [6, 6.07) is 11.1. The van der Waals surface area contributed by atoms with E-state index in [0.29, 0.717) is 5.69 Å². The van der Waals surface area contributed by atoms with Crippen LogP contribution in [-0.4, -0.2) is 32.0 Å². The Morgan fingerprint density at radius 3 is 2.20 bits per heavy atom. The smallest absolute Gasteiger partial charge is 0.274 e. The number of aromatic nitrogens is 1. The summed E-state index contributed by atoms with van der Waals surface area (Å²) in [5, 5.41) is 5.78. The van der Waals surface area contributed by atoms with Crippen molar-refractivity contribution in [1.29, 1.82) is 0 Å². The topological polar surface area (TPSA) is 57.3 Å². The molecule has 0 aliphatic heterocycles. The highest BCUT2D eigenvalue weighted by atomic mass is 16.1. The van der Waals surface area contributed by atoms with E-state index in [-0.39, 0.29) is 5.91 Å². The molecule has 0 spiro atoms. The van der Waals surface area contributed by atoms with Crippen LogP contribution in [0.3, 0.4) is 0 Å². The van der Waals surface area contributed by atoms with E-state index in [1.165, 1.54) is 0 Å². The first-order chi connectivity index (χ1) is 9.60. The van der Waals surface area contributed by atoms with Gasteiger partial charge in [-0.1, -0.05) is 0 Å². The minimum Gasteiger partial charge on any atom is -0.387 e. The van der Waals surface area contributed by atoms with Gasteiger partial charge in [0.05, 0.1) is 11.9 Å². The van der Waals surface area contributed by atoms with Gasteiger partial charge in [-0.05, 0) is 36.4 Å². The van der Waals surface area contributed by atoms with Crippen LogP contribution in [-0.2, 0) is 0 Å². The molecule has 0 unspecified atom stereocenters. The number of hydrogen-bond donors (Lipinski definition) is 2. The molecule has 0 fully saturated rings. The Bertz CT molecular complexity index is 576. The van der Waals surface area contributed by atoms with Crippen molar-refractivity contribution >= 4 is 23.0 Å². The van der Waals surface area contributed by atoms with Crippen molar-refractivity contribution in [1.82, 2.24) is 4.98 Å². The molecule has 0 atom stereocenters. The Morgan fingerprint density at radius 2 is 1.70 bits per heavy atom. The molecule has 1 aromatic heterocycles. The van der Waals surface area contributed by atoms with Crippen molar-refractivity contribution < 1.29 is 4.79 Å². The molecule has 0 saturated heterocycles. The van der Waals surface area contributed by atoms with Gasteiger partial charge in [0.1, 0.15) is 5.69 Å². The van der Waals surface area contributed by atoms with Crippen LogP contribution in [0.4, 0.5) is 17.1 Å². The maximum atomic E-state index is 12.0. The molecular formula is C15H18N4O. The van der Waals surface area contributed by atoms with E-state index in [2.05, 4.69) is 15.6 Å². The number of carbonyl (C=O) groups excluding carboxylic acids is 1. The van der Waals surface area contributed by atoms with Crippen LogP contribution in [0.5, 0.6) is 0 Å². The van der Waals surface area contributed by atoms with E-state index in [1.54, 1.807) is 12.3 Å². The highest BCUT2D eigenvalue weighted by Gasteiger charge is 2.07. The molecule has 5 heteroatoms. The van der Waals surface area contributed by atoms with Crippen LogP contribution < -0.4 is 15.5 Å². The van der Waals surface area contributed by atoms with Crippen LogP contribution in [0.25, 0.3) is 0 Å². The van der Waals surface area contributed by atoms with Gasteiger partial charge >= 0.3 is 0 Å². The molecule has 0 bridgehead atoms. The molecule has 1 aromatic carbocycles. The third-order valence-corrected chi connectivity index (χ3v) is 2.93. The summed E-state index contributed by atoms with van der Waals surface area (Å²) in [7, 11) is 5.75. The van der Waals surface area contributed by atoms with Gasteiger partial charge in [0, 0.05) is 32.5 Å². The van der Waals surface area contributed by atoms with E-state index in [0.717, 1.165) is 17.1 Å². The number of anilines is 3. The standard InChI is InChI=1S/C15H18N4O/c1-16-12-6-9-14(17-10-12)15(20)18-11-4-7-13(8-5-11)19(2)3/h4-10,16H,1-3H3,(H,18,20). The summed E-state index contributed by atoms with van der Waals surface area (Å²) in [6.45, 7) is 0. The van der Waals surface area contributed by atoms with Gasteiger partial charge in [-0.15, -0.1) is 0 Å². The average Bonchev–Trinajstić information content (AvgIpc) is 2.48. The number of rotatable bonds is 4. The van der Waals surface area contributed by atoms with Gasteiger partial charge in [-0.3, -0.25) is 4.79 Å². The maximum Gasteiger partial charge on any atom is 0.274 e. The Balaban J connectivity index is 2.06. The second-order valence-corrected chi connectivity index (χ2v) is 4.58. The molecule has 2 rings (SSSR count). The predicted molar refractivity (Wildman–Crippen MR) is 82.5 cm³/mol. The molecule has 0 saturated carbocycles. The summed E-state index contributed by atoms with van der Waals surface area (Å²) in [5.41, 5.74) is 3.09. The second-order valence-electron chi connectivity index (χ2n) is 4.58. The Kier molecular flexibility index (Phi) is 4.20. The summed E-state index contributed by atoms with van der Waals surface area (Å²) in [4.78, 5) is 18.1. The number of amides is 1. The van der Waals surface area contributed by atoms with Crippen molar-refractivity contribution in [3.63, 3.8) is 0 Å². The number of benzene rings is 1. The molecule has 0 radical (unpaired) electrons. The van der Waals surface area contributed by atoms with Gasteiger partial charge < -0.3 is 15.5 Å². The van der Waals surface area contributed by atoms with Crippen LogP contribution in [0.2, 0.25) is 0 Å². The molecular weight excluding hydrogens is 252 g/mol. The lowest BCUT2D eigenvalue weighted by molar-refractivity contribution is 0.102. The summed E-state index contributed by atoms with van der Waals surface area (Å²) in [6.07, 6.45) is 1.63. The van der Waals surface area contributed by atoms with E-state index < -0.39 is 0 Å². The summed E-state index contributed by atoms with van der Waals surface area (Å²) < 4.78 is 0. The van der Waals surface area contributed by atoms with Crippen LogP contribution in [0.1, 0.15) is 10.5 Å². The van der Waals surface area contributed by atoms with Gasteiger partial charge in [-0.25, -0.2) is 4.98 Å². The van der Waals surface area contributed by atoms with Crippen LogP contribution in [0.15, 0.2) is 42.6 Å². The average molecular weight is 270 g/mol. The molecule has 0 aliphatic rings. The molecule has 1 amide bonds. The van der Waals surface area contributed by atoms with Gasteiger partial charge in [0.25, 0.3) is 5.91 Å². The third kappa shape index (κ3) is 3.26. The zero-order valence-corrected chi connectivity index (χ0v) is 11.8. The van der Waals surface area contributed by atoms with Crippen molar-refractivity contribution in [2.24, 2.45) is 0 Å². The van der Waals surface area contributed by atoms with Crippen molar-refractivity contribution in [3.8, 4) is 0 Å². The lowest BCUT2D eigenvalue weighted by Crippen LogP contribution is -2.14. The fraction of sp³-hybridized carbons (Fsp3) is 0.200. The third-order valence-electron chi connectivity index (χ3n) is 2.93. The van der Waals surface area contributed by atoms with Crippen molar-refractivity contribution in [2.45, 2.75) is 0 Å².